The number of nitrogens with one attached hydrogen (secondary N) is 1. The summed E-state index contributed by atoms with van der Waals surface area (Å²) >= 11 is 6.28. The van der Waals surface area contributed by atoms with E-state index in [0.717, 1.165) is 17.7 Å². The molecule has 188 valence electrons. The summed E-state index contributed by atoms with van der Waals surface area (Å²) in [7, 11) is 1.49. The largest absolute Gasteiger partial charge is 0.495 e. The van der Waals surface area contributed by atoms with E-state index in [1.54, 1.807) is 30.3 Å². The number of amides is 2. The maximum atomic E-state index is 13.3. The van der Waals surface area contributed by atoms with Crippen molar-refractivity contribution in [2.75, 3.05) is 19.0 Å². The molecule has 0 bridgehead atoms. The predicted octanol–water partition coefficient (Wildman–Crippen LogP) is 6.59. The van der Waals surface area contributed by atoms with Gasteiger partial charge in [-0.2, -0.15) is 13.2 Å². The van der Waals surface area contributed by atoms with Gasteiger partial charge in [0.1, 0.15) is 5.75 Å². The van der Waals surface area contributed by atoms with E-state index in [0.29, 0.717) is 34.2 Å². The molecule has 1 heterocycles. The van der Waals surface area contributed by atoms with Gasteiger partial charge in [0.15, 0.2) is 6.10 Å². The number of anilines is 1. The van der Waals surface area contributed by atoms with Crippen molar-refractivity contribution < 1.29 is 27.5 Å². The molecule has 1 atom stereocenters. The monoisotopic (exact) mass is 517 g/mol. The number of rotatable bonds is 7. The molecule has 0 saturated heterocycles. The Labute approximate surface area is 211 Å². The third-order valence-electron chi connectivity index (χ3n) is 5.63. The summed E-state index contributed by atoms with van der Waals surface area (Å²) in [5, 5.41) is 7.50. The first kappa shape index (κ1) is 25.4. The van der Waals surface area contributed by atoms with Crippen molar-refractivity contribution >= 4 is 29.0 Å². The molecule has 1 aliphatic rings. The molecule has 0 aromatic heterocycles. The Hall–Kier alpha value is -3.72. The number of benzene rings is 3. The predicted molar refractivity (Wildman–Crippen MR) is 131 cm³/mol. The molecule has 4 rings (SSSR count). The molecule has 3 aromatic carbocycles. The summed E-state index contributed by atoms with van der Waals surface area (Å²) in [6.07, 6.45) is -4.49. The highest BCUT2D eigenvalue weighted by Crippen LogP contribution is 2.30. The number of carbonyl (C=O) groups excluding carboxylic acids is 1. The zero-order valence-electron chi connectivity index (χ0n) is 19.3. The fourth-order valence-electron chi connectivity index (χ4n) is 3.81. The van der Waals surface area contributed by atoms with Crippen LogP contribution < -0.4 is 10.1 Å². The second kappa shape index (κ2) is 10.9. The fourth-order valence-corrected chi connectivity index (χ4v) is 4.05. The lowest BCUT2D eigenvalue weighted by Crippen LogP contribution is -2.40. The lowest BCUT2D eigenvalue weighted by molar-refractivity contribution is -0.137. The van der Waals surface area contributed by atoms with Crippen LogP contribution in [0.2, 0.25) is 5.02 Å². The van der Waals surface area contributed by atoms with Crippen molar-refractivity contribution in [1.82, 2.24) is 4.90 Å². The van der Waals surface area contributed by atoms with E-state index in [9.17, 15) is 18.0 Å². The summed E-state index contributed by atoms with van der Waals surface area (Å²) in [4.78, 5) is 20.3. The second-order valence-corrected chi connectivity index (χ2v) is 8.56. The highest BCUT2D eigenvalue weighted by Gasteiger charge is 2.31. The van der Waals surface area contributed by atoms with Crippen molar-refractivity contribution in [3.63, 3.8) is 0 Å². The molecular formula is C26H23ClF3N3O3. The molecule has 0 unspecified atom stereocenters. The van der Waals surface area contributed by atoms with Crippen molar-refractivity contribution in [1.29, 1.82) is 0 Å². The van der Waals surface area contributed by atoms with Gasteiger partial charge in [0.2, 0.25) is 0 Å². The quantitative estimate of drug-likeness (QED) is 0.384. The molecule has 3 aromatic rings. The van der Waals surface area contributed by atoms with E-state index in [1.807, 2.05) is 18.2 Å². The Morgan fingerprint density at radius 1 is 1.11 bits per heavy atom. The number of alkyl halides is 3. The molecule has 0 aliphatic carbocycles. The van der Waals surface area contributed by atoms with Crippen LogP contribution in [0.1, 0.15) is 23.1 Å². The summed E-state index contributed by atoms with van der Waals surface area (Å²) in [5.74, 6) is 0.474. The Balaban J connectivity index is 1.51. The van der Waals surface area contributed by atoms with Gasteiger partial charge in [0, 0.05) is 23.6 Å². The smallest absolute Gasteiger partial charge is 0.416 e. The number of urea groups is 1. The number of hydrogen-bond acceptors (Lipinski definition) is 4. The van der Waals surface area contributed by atoms with E-state index >= 15 is 0 Å². The van der Waals surface area contributed by atoms with Gasteiger partial charge in [-0.25, -0.2) is 4.79 Å². The van der Waals surface area contributed by atoms with Crippen molar-refractivity contribution in [3.05, 3.63) is 94.5 Å². The van der Waals surface area contributed by atoms with Gasteiger partial charge >= 0.3 is 12.2 Å². The van der Waals surface area contributed by atoms with Gasteiger partial charge in [-0.1, -0.05) is 59.2 Å². The number of methoxy groups -OCH3 is 1. The normalized spacial score (nSPS) is 15.1. The molecule has 36 heavy (non-hydrogen) atoms. The highest BCUT2D eigenvalue weighted by atomic mass is 35.5. The molecule has 0 fully saturated rings. The van der Waals surface area contributed by atoms with Gasteiger partial charge in [-0.05, 0) is 35.9 Å². The molecular weight excluding hydrogens is 495 g/mol. The van der Waals surface area contributed by atoms with E-state index in [-0.39, 0.29) is 13.1 Å². The molecule has 6 nitrogen and oxygen atoms in total. The molecule has 0 radical (unpaired) electrons. The van der Waals surface area contributed by atoms with Crippen LogP contribution in [0.15, 0.2) is 78.0 Å². The van der Waals surface area contributed by atoms with Gasteiger partial charge in [-0.3, -0.25) is 0 Å². The molecule has 10 heteroatoms. The zero-order chi connectivity index (χ0) is 25.7. The number of carbonyl (C=O) groups is 1. The number of hydrogen-bond donors (Lipinski definition) is 1. The molecule has 1 aliphatic heterocycles. The minimum Gasteiger partial charge on any atom is -0.495 e. The molecule has 2 amide bonds. The summed E-state index contributed by atoms with van der Waals surface area (Å²) < 4.78 is 44.2. The number of ether oxygens (including phenoxy) is 1. The maximum absolute atomic E-state index is 13.3. The fraction of sp³-hybridized carbons (Fsp3) is 0.231. The Morgan fingerprint density at radius 3 is 2.50 bits per heavy atom. The van der Waals surface area contributed by atoms with Gasteiger partial charge in [-0.15, -0.1) is 0 Å². The van der Waals surface area contributed by atoms with Gasteiger partial charge < -0.3 is 19.8 Å². The molecule has 1 N–H and O–H groups in total. The van der Waals surface area contributed by atoms with E-state index in [1.165, 1.54) is 24.1 Å². The molecule has 0 spiro atoms. The van der Waals surface area contributed by atoms with Gasteiger partial charge in [0.25, 0.3) is 0 Å². The zero-order valence-corrected chi connectivity index (χ0v) is 20.0. The molecule has 0 saturated carbocycles. The first-order valence-corrected chi connectivity index (χ1v) is 11.4. The number of nitrogens with zero attached hydrogens (tertiary/aromatic N) is 2. The number of oxime groups is 1. The van der Waals surface area contributed by atoms with Crippen LogP contribution in [0, 0.1) is 0 Å². The van der Waals surface area contributed by atoms with E-state index < -0.39 is 23.9 Å². The first-order chi connectivity index (χ1) is 17.2. The Kier molecular flexibility index (Phi) is 7.69. The van der Waals surface area contributed by atoms with Crippen molar-refractivity contribution in [2.24, 2.45) is 5.16 Å². The van der Waals surface area contributed by atoms with Crippen LogP contribution in [-0.4, -0.2) is 36.4 Å². The summed E-state index contributed by atoms with van der Waals surface area (Å²) in [5.41, 5.74) is 1.64. The lowest BCUT2D eigenvalue weighted by Gasteiger charge is -2.26. The average molecular weight is 518 g/mol. The Bertz CT molecular complexity index is 1250. The van der Waals surface area contributed by atoms with Crippen LogP contribution in [0.5, 0.6) is 5.75 Å². The minimum absolute atomic E-state index is 0.0560. The van der Waals surface area contributed by atoms with Gasteiger partial charge in [0.05, 0.1) is 30.6 Å². The first-order valence-electron chi connectivity index (χ1n) is 11.1. The van der Waals surface area contributed by atoms with Crippen LogP contribution in [0.4, 0.5) is 23.7 Å². The minimum atomic E-state index is -4.44. The number of para-hydroxylation sites is 2. The van der Waals surface area contributed by atoms with E-state index in [2.05, 4.69) is 10.5 Å². The van der Waals surface area contributed by atoms with Crippen LogP contribution in [0.3, 0.4) is 0 Å². The highest BCUT2D eigenvalue weighted by molar-refractivity contribution is 6.34. The Morgan fingerprint density at radius 2 is 1.81 bits per heavy atom. The van der Waals surface area contributed by atoms with Crippen molar-refractivity contribution in [2.45, 2.75) is 25.2 Å². The summed E-state index contributed by atoms with van der Waals surface area (Å²) in [6, 6.07) is 18.4. The summed E-state index contributed by atoms with van der Waals surface area (Å²) in [6.45, 7) is 0.194. The van der Waals surface area contributed by atoms with Crippen molar-refractivity contribution in [3.8, 4) is 5.75 Å². The maximum Gasteiger partial charge on any atom is 0.416 e. The average Bonchev–Trinajstić information content (AvgIpc) is 3.32. The van der Waals surface area contributed by atoms with Crippen LogP contribution >= 0.6 is 11.6 Å². The number of halogens is 4. The third kappa shape index (κ3) is 6.09. The topological polar surface area (TPSA) is 63.2 Å². The van der Waals surface area contributed by atoms with Crippen LogP contribution in [-0.2, 0) is 17.6 Å². The second-order valence-electron chi connectivity index (χ2n) is 8.16. The third-order valence-corrected chi connectivity index (χ3v) is 5.96. The SMILES string of the molecule is COc1ccccc1NC(=O)N(Cc1ccc(C(F)(F)F)cc1)C[C@@H]1CC(c2ccccc2Cl)=NO1. The van der Waals surface area contributed by atoms with Crippen LogP contribution in [0.25, 0.3) is 0 Å². The van der Waals surface area contributed by atoms with E-state index in [4.69, 9.17) is 21.2 Å². The lowest BCUT2D eigenvalue weighted by atomic mass is 10.0. The standard InChI is InChI=1S/C26H23ClF3N3O3/c1-35-24-9-5-4-8-22(24)31-25(34)33(15-17-10-12-18(13-11-17)26(28,29)30)16-19-14-23(32-36-19)20-6-2-3-7-21(20)27/h2-13,19H,14-16H2,1H3,(H,31,34)/t19-/m0/s1.